The summed E-state index contributed by atoms with van der Waals surface area (Å²) in [6.07, 6.45) is 0. The van der Waals surface area contributed by atoms with E-state index in [0.29, 0.717) is 6.54 Å². The van der Waals surface area contributed by atoms with Crippen LogP contribution >= 0.6 is 0 Å². The molecule has 0 bridgehead atoms. The first-order chi connectivity index (χ1) is 4.30. The summed E-state index contributed by atoms with van der Waals surface area (Å²) >= 11 is 0. The van der Waals surface area contributed by atoms with Crippen LogP contribution < -0.4 is 16.8 Å². The highest BCUT2D eigenvalue weighted by Crippen LogP contribution is 1.84. The molecule has 1 aliphatic rings. The number of hydrogen-bond acceptors (Lipinski definition) is 4. The smallest absolute Gasteiger partial charge is 0.322 e. The summed E-state index contributed by atoms with van der Waals surface area (Å²) in [5.41, 5.74) is 0. The third-order valence-electron chi connectivity index (χ3n) is 1.34. The van der Waals surface area contributed by atoms with E-state index in [0.717, 1.165) is 13.1 Å². The molecule has 10 heavy (non-hydrogen) atoms. The minimum atomic E-state index is -0.776. The van der Waals surface area contributed by atoms with E-state index < -0.39 is 12.0 Å². The van der Waals surface area contributed by atoms with Crippen molar-refractivity contribution in [1.82, 2.24) is 16.8 Å². The van der Waals surface area contributed by atoms with Crippen molar-refractivity contribution in [3.8, 4) is 0 Å². The van der Waals surface area contributed by atoms with Gasteiger partial charge in [0, 0.05) is 19.6 Å². The van der Waals surface area contributed by atoms with Crippen molar-refractivity contribution in [1.29, 1.82) is 0 Å². The summed E-state index contributed by atoms with van der Waals surface area (Å²) in [6.45, 7) is 2.15. The largest absolute Gasteiger partial charge is 0.480 e. The van der Waals surface area contributed by atoms with E-state index in [4.69, 9.17) is 5.11 Å². The van der Waals surface area contributed by atoms with Crippen LogP contribution in [0.25, 0.3) is 0 Å². The van der Waals surface area contributed by atoms with Crippen LogP contribution in [0.15, 0.2) is 0 Å². The molecule has 1 unspecified atom stereocenters. The van der Waals surface area contributed by atoms with Gasteiger partial charge >= 0.3 is 5.97 Å². The number of carbonyl (C=O) groups is 1. The van der Waals surface area contributed by atoms with Crippen molar-refractivity contribution in [3.05, 3.63) is 0 Å². The van der Waals surface area contributed by atoms with Crippen LogP contribution in [0.5, 0.6) is 0 Å². The lowest BCUT2D eigenvalue weighted by Crippen LogP contribution is -2.52. The van der Waals surface area contributed by atoms with Gasteiger partial charge in [-0.3, -0.25) is 4.79 Å². The van der Waals surface area contributed by atoms with Crippen molar-refractivity contribution in [3.63, 3.8) is 0 Å². The van der Waals surface area contributed by atoms with Gasteiger partial charge in [0.2, 0.25) is 0 Å². The molecule has 5 nitrogen and oxygen atoms in total. The zero-order valence-corrected chi connectivity index (χ0v) is 5.76. The normalized spacial score (nSPS) is 25.0. The Bertz CT molecular complexity index is 111. The first-order valence-electron chi connectivity index (χ1n) is 2.97. The van der Waals surface area contributed by atoms with Crippen LogP contribution in [0.3, 0.4) is 0 Å². The molecule has 0 radical (unpaired) electrons. The van der Waals surface area contributed by atoms with Gasteiger partial charge in [-0.15, -0.1) is 0 Å². The summed E-state index contributed by atoms with van der Waals surface area (Å²) in [6, 6.07) is -0.390. The zero-order chi connectivity index (χ0) is 6.69. The number of hydrogen-bond donors (Lipinski definition) is 4. The molecule has 0 saturated carbocycles. The van der Waals surface area contributed by atoms with Gasteiger partial charge in [0.1, 0.15) is 6.04 Å². The van der Waals surface area contributed by atoms with Gasteiger partial charge in [0.25, 0.3) is 0 Å². The molecule has 0 spiro atoms. The quantitative estimate of drug-likeness (QED) is 0.373. The number of carboxylic acid groups (broad SMARTS) is 1. The zero-order valence-electron chi connectivity index (χ0n) is 5.76. The molecule has 0 aromatic carbocycles. The Labute approximate surface area is 59.4 Å². The van der Waals surface area contributed by atoms with Gasteiger partial charge in [-0.05, 0) is 0 Å². The second-order valence-electron chi connectivity index (χ2n) is 2.05. The van der Waals surface area contributed by atoms with Gasteiger partial charge < -0.3 is 21.9 Å². The number of aliphatic carboxylic acids is 1. The molecule has 1 rings (SSSR count). The fraction of sp³-hybridized carbons (Fsp3) is 0.800. The molecule has 5 heteroatoms. The predicted octanol–water partition coefficient (Wildman–Crippen LogP) is -1.21. The van der Waals surface area contributed by atoms with E-state index in [9.17, 15) is 4.79 Å². The molecule has 1 heterocycles. The van der Waals surface area contributed by atoms with Crippen LogP contribution in [0.1, 0.15) is 0 Å². The minimum absolute atomic E-state index is 0. The molecule has 60 valence electrons. The van der Waals surface area contributed by atoms with Crippen molar-refractivity contribution in [2.75, 3.05) is 19.6 Å². The van der Waals surface area contributed by atoms with Crippen LogP contribution in [0.4, 0.5) is 0 Å². The van der Waals surface area contributed by atoms with Gasteiger partial charge in [-0.25, -0.2) is 0 Å². The van der Waals surface area contributed by atoms with Crippen molar-refractivity contribution >= 4 is 5.97 Å². The van der Waals surface area contributed by atoms with E-state index >= 15 is 0 Å². The molecule has 0 amide bonds. The first-order valence-corrected chi connectivity index (χ1v) is 2.97. The summed E-state index contributed by atoms with van der Waals surface area (Å²) < 4.78 is 0. The Hall–Kier alpha value is -0.650. The van der Waals surface area contributed by atoms with Gasteiger partial charge in [-0.2, -0.15) is 0 Å². The number of carboxylic acids is 1. The molecule has 0 aromatic heterocycles. The Kier molecular flexibility index (Phi) is 3.94. The number of nitrogens with one attached hydrogen (secondary N) is 2. The topological polar surface area (TPSA) is 96.4 Å². The number of rotatable bonds is 1. The molecule has 1 atom stereocenters. The average molecular weight is 147 g/mol. The van der Waals surface area contributed by atoms with Gasteiger partial charge in [0.05, 0.1) is 0 Å². The maximum absolute atomic E-state index is 10.3. The van der Waals surface area contributed by atoms with Crippen molar-refractivity contribution in [2.45, 2.75) is 6.04 Å². The average Bonchev–Trinajstić information content (AvgIpc) is 1.90. The molecule has 6 N–H and O–H groups in total. The highest BCUT2D eigenvalue weighted by molar-refractivity contribution is 5.73. The fourth-order valence-corrected chi connectivity index (χ4v) is 0.828. The van der Waals surface area contributed by atoms with Crippen LogP contribution in [-0.2, 0) is 4.79 Å². The molecular formula is C5H13N3O2. The summed E-state index contributed by atoms with van der Waals surface area (Å²) in [4.78, 5) is 10.3. The molecule has 1 aliphatic heterocycles. The third kappa shape index (κ3) is 2.30. The Morgan fingerprint density at radius 3 is 2.50 bits per heavy atom. The second kappa shape index (κ2) is 4.21. The molecule has 1 saturated heterocycles. The van der Waals surface area contributed by atoms with E-state index in [1.807, 2.05) is 0 Å². The maximum atomic E-state index is 10.3. The fourth-order valence-electron chi connectivity index (χ4n) is 0.828. The molecular weight excluding hydrogens is 134 g/mol. The lowest BCUT2D eigenvalue weighted by atomic mass is 10.2. The Morgan fingerprint density at radius 2 is 2.20 bits per heavy atom. The second-order valence-corrected chi connectivity index (χ2v) is 2.05. The highest BCUT2D eigenvalue weighted by Gasteiger charge is 2.18. The van der Waals surface area contributed by atoms with E-state index in [1.54, 1.807) is 0 Å². The Balaban J connectivity index is 0.000000810. The third-order valence-corrected chi connectivity index (χ3v) is 1.34. The van der Waals surface area contributed by atoms with Gasteiger partial charge in [0.15, 0.2) is 0 Å². The van der Waals surface area contributed by atoms with Crippen LogP contribution in [-0.4, -0.2) is 36.8 Å². The van der Waals surface area contributed by atoms with E-state index in [1.165, 1.54) is 0 Å². The summed E-state index contributed by atoms with van der Waals surface area (Å²) in [5, 5.41) is 14.3. The molecule has 0 aromatic rings. The lowest BCUT2D eigenvalue weighted by Gasteiger charge is -2.20. The molecule has 0 aliphatic carbocycles. The standard InChI is InChI=1S/C5H10N2O2.H3N/c8-5(9)4-3-6-1-2-7-4;/h4,6-7H,1-3H2,(H,8,9);1H3. The number of piperazine rings is 1. The van der Waals surface area contributed by atoms with Crippen molar-refractivity contribution in [2.24, 2.45) is 0 Å². The predicted molar refractivity (Wildman–Crippen MR) is 37.3 cm³/mol. The van der Waals surface area contributed by atoms with E-state index in [2.05, 4.69) is 10.6 Å². The van der Waals surface area contributed by atoms with Crippen LogP contribution in [0, 0.1) is 0 Å². The minimum Gasteiger partial charge on any atom is -0.480 e. The summed E-state index contributed by atoms with van der Waals surface area (Å²) in [5.74, 6) is -0.776. The Morgan fingerprint density at radius 1 is 1.50 bits per heavy atom. The summed E-state index contributed by atoms with van der Waals surface area (Å²) in [7, 11) is 0. The van der Waals surface area contributed by atoms with Gasteiger partial charge in [-0.1, -0.05) is 0 Å². The lowest BCUT2D eigenvalue weighted by molar-refractivity contribution is -0.139. The van der Waals surface area contributed by atoms with Crippen LogP contribution in [0.2, 0.25) is 0 Å². The van der Waals surface area contributed by atoms with E-state index in [-0.39, 0.29) is 6.15 Å². The van der Waals surface area contributed by atoms with Crippen molar-refractivity contribution < 1.29 is 9.90 Å². The first kappa shape index (κ1) is 9.35. The maximum Gasteiger partial charge on any atom is 0.322 e. The molecule has 1 fully saturated rings. The SMILES string of the molecule is N.O=C(O)C1CNCCN1. The monoisotopic (exact) mass is 147 g/mol. The highest BCUT2D eigenvalue weighted by atomic mass is 16.4.